The van der Waals surface area contributed by atoms with E-state index in [9.17, 15) is 19.7 Å². The summed E-state index contributed by atoms with van der Waals surface area (Å²) in [5.74, 6) is -0.152. The lowest BCUT2D eigenvalue weighted by Gasteiger charge is -2.21. The minimum absolute atomic E-state index is 0.116. The molecule has 8 nitrogen and oxygen atoms in total. The fourth-order valence-electron chi connectivity index (χ4n) is 2.89. The van der Waals surface area contributed by atoms with Crippen LogP contribution in [-0.2, 0) is 4.79 Å². The summed E-state index contributed by atoms with van der Waals surface area (Å²) >= 11 is 3.36. The smallest absolute Gasteiger partial charge is 0.286 e. The van der Waals surface area contributed by atoms with Crippen LogP contribution >= 0.6 is 15.9 Å². The number of carbonyl (C=O) groups excluding carboxylic acids is 2. The number of benzene rings is 1. The number of ether oxygens (including phenoxy) is 2. The van der Waals surface area contributed by atoms with Crippen molar-refractivity contribution in [2.75, 3.05) is 13.7 Å². The maximum atomic E-state index is 12.8. The minimum atomic E-state index is -0.630. The first-order chi connectivity index (χ1) is 12.4. The van der Waals surface area contributed by atoms with Crippen LogP contribution in [0.2, 0.25) is 0 Å². The molecule has 1 heterocycles. The number of nitrogens with zero attached hydrogens (tertiary/aromatic N) is 2. The van der Waals surface area contributed by atoms with Crippen molar-refractivity contribution < 1.29 is 24.0 Å². The third-order valence-electron chi connectivity index (χ3n) is 4.20. The summed E-state index contributed by atoms with van der Waals surface area (Å²) in [5.41, 5.74) is -0.492. The Morgan fingerprint density at radius 1 is 1.50 bits per heavy atom. The summed E-state index contributed by atoms with van der Waals surface area (Å²) in [6.07, 6.45) is 3.50. The summed E-state index contributed by atoms with van der Waals surface area (Å²) < 4.78 is 10.9. The summed E-state index contributed by atoms with van der Waals surface area (Å²) in [4.78, 5) is 36.2. The lowest BCUT2D eigenvalue weighted by atomic mass is 10.1. The number of likely N-dealkylation sites (tertiary alicyclic amines) is 1. The normalized spacial score (nSPS) is 17.7. The predicted molar refractivity (Wildman–Crippen MR) is 98.0 cm³/mol. The number of rotatable bonds is 8. The molecule has 1 fully saturated rings. The van der Waals surface area contributed by atoms with Gasteiger partial charge in [-0.1, -0.05) is 13.3 Å². The quantitative estimate of drug-likeness (QED) is 0.272. The molecule has 1 unspecified atom stereocenters. The molecule has 0 spiro atoms. The van der Waals surface area contributed by atoms with Gasteiger partial charge in [0.25, 0.3) is 11.6 Å². The number of nitro benzene ring substituents is 1. The Balaban J connectivity index is 2.44. The molecule has 1 aromatic rings. The van der Waals surface area contributed by atoms with Crippen LogP contribution in [0.15, 0.2) is 12.1 Å². The van der Waals surface area contributed by atoms with Gasteiger partial charge in [0.2, 0.25) is 0 Å². The molecule has 2 atom stereocenters. The van der Waals surface area contributed by atoms with Crippen LogP contribution in [0.25, 0.3) is 0 Å². The number of hydrogen-bond acceptors (Lipinski definition) is 6. The van der Waals surface area contributed by atoms with Gasteiger partial charge in [-0.05, 0) is 35.2 Å². The fourth-order valence-corrected chi connectivity index (χ4v) is 3.55. The van der Waals surface area contributed by atoms with Gasteiger partial charge < -0.3 is 19.2 Å². The molecule has 1 aromatic carbocycles. The second-order valence-electron chi connectivity index (χ2n) is 5.94. The topological polar surface area (TPSA) is 99.0 Å². The molecular weight excluding hydrogens is 408 g/mol. The maximum absolute atomic E-state index is 12.8. The van der Waals surface area contributed by atoms with E-state index in [2.05, 4.69) is 15.9 Å². The van der Waals surface area contributed by atoms with Gasteiger partial charge in [-0.25, -0.2) is 0 Å². The van der Waals surface area contributed by atoms with Crippen LogP contribution in [0.5, 0.6) is 11.5 Å². The third kappa shape index (κ3) is 4.32. The first-order valence-corrected chi connectivity index (χ1v) is 9.27. The summed E-state index contributed by atoms with van der Waals surface area (Å²) in [6, 6.07) is 1.95. The minimum Gasteiger partial charge on any atom is -0.493 e. The van der Waals surface area contributed by atoms with Crippen molar-refractivity contribution in [1.82, 2.24) is 4.90 Å². The molecule has 1 saturated heterocycles. The van der Waals surface area contributed by atoms with Gasteiger partial charge in [0.1, 0.15) is 11.8 Å². The van der Waals surface area contributed by atoms with E-state index in [4.69, 9.17) is 9.47 Å². The average Bonchev–Trinajstić information content (AvgIpc) is 3.09. The van der Waals surface area contributed by atoms with E-state index in [1.165, 1.54) is 24.1 Å². The Hall–Kier alpha value is -2.16. The summed E-state index contributed by atoms with van der Waals surface area (Å²) in [5, 5.41) is 11.2. The molecule has 142 valence electrons. The third-order valence-corrected chi connectivity index (χ3v) is 4.84. The highest BCUT2D eigenvalue weighted by molar-refractivity contribution is 9.09. The number of aldehydes is 1. The lowest BCUT2D eigenvalue weighted by molar-refractivity contribution is -0.385. The second kappa shape index (κ2) is 8.98. The molecule has 26 heavy (non-hydrogen) atoms. The number of hydrogen-bond donors (Lipinski definition) is 0. The van der Waals surface area contributed by atoms with E-state index >= 15 is 0 Å². The predicted octanol–water partition coefficient (Wildman–Crippen LogP) is 3.31. The van der Waals surface area contributed by atoms with Crippen LogP contribution < -0.4 is 9.47 Å². The lowest BCUT2D eigenvalue weighted by Crippen LogP contribution is -2.36. The zero-order valence-electron chi connectivity index (χ0n) is 14.6. The molecule has 1 aliphatic rings. The standard InChI is InChI=1S/C17H21BrN2O6/c1-3-5-16(18)26-15-9-13(20(23)24)12(8-14(15)25-2)17(22)19-7-4-6-11(19)10-21/h8-11,16H,3-7H2,1-2H3/t11?,16-/m1/s1. The molecular formula is C17H21BrN2O6. The van der Waals surface area contributed by atoms with Gasteiger partial charge >= 0.3 is 0 Å². The number of carbonyl (C=O) groups is 2. The Kier molecular flexibility index (Phi) is 6.96. The van der Waals surface area contributed by atoms with Crippen LogP contribution in [0.4, 0.5) is 5.69 Å². The molecule has 1 amide bonds. The molecule has 9 heteroatoms. The van der Waals surface area contributed by atoms with Gasteiger partial charge in [0.05, 0.1) is 24.1 Å². The van der Waals surface area contributed by atoms with Crippen LogP contribution in [0.3, 0.4) is 0 Å². The second-order valence-corrected chi connectivity index (χ2v) is 6.96. The van der Waals surface area contributed by atoms with Crippen molar-refractivity contribution in [2.45, 2.75) is 43.7 Å². The molecule has 0 aliphatic carbocycles. The Labute approximate surface area is 159 Å². The van der Waals surface area contributed by atoms with E-state index < -0.39 is 16.9 Å². The van der Waals surface area contributed by atoms with Crippen LogP contribution in [-0.4, -0.2) is 46.7 Å². The first kappa shape index (κ1) is 20.2. The molecule has 2 rings (SSSR count). The zero-order valence-corrected chi connectivity index (χ0v) is 16.2. The SMILES string of the molecule is CCC[C@H](Br)Oc1cc([N+](=O)[O-])c(C(=O)N2CCCC2C=O)cc1OC. The first-order valence-electron chi connectivity index (χ1n) is 8.36. The highest BCUT2D eigenvalue weighted by Gasteiger charge is 2.34. The van der Waals surface area contributed by atoms with Crippen molar-refractivity contribution in [3.63, 3.8) is 0 Å². The van der Waals surface area contributed by atoms with Gasteiger partial charge in [-0.2, -0.15) is 0 Å². The summed E-state index contributed by atoms with van der Waals surface area (Å²) in [6.45, 7) is 2.37. The van der Waals surface area contributed by atoms with E-state index in [1.54, 1.807) is 0 Å². The molecule has 0 bridgehead atoms. The van der Waals surface area contributed by atoms with Gasteiger partial charge in [0, 0.05) is 12.6 Å². The number of methoxy groups -OCH3 is 1. The van der Waals surface area contributed by atoms with E-state index in [0.717, 1.165) is 6.42 Å². The van der Waals surface area contributed by atoms with Crippen molar-refractivity contribution in [1.29, 1.82) is 0 Å². The summed E-state index contributed by atoms with van der Waals surface area (Å²) in [7, 11) is 1.40. The molecule has 0 saturated carbocycles. The van der Waals surface area contributed by atoms with E-state index in [0.29, 0.717) is 32.1 Å². The Morgan fingerprint density at radius 2 is 2.23 bits per heavy atom. The monoisotopic (exact) mass is 428 g/mol. The molecule has 1 aliphatic heterocycles. The number of alkyl halides is 1. The molecule has 0 N–H and O–H groups in total. The van der Waals surface area contributed by atoms with Crippen LogP contribution in [0, 0.1) is 10.1 Å². The number of amides is 1. The fraction of sp³-hybridized carbons (Fsp3) is 0.529. The van der Waals surface area contributed by atoms with E-state index in [1.807, 2.05) is 6.92 Å². The molecule has 0 radical (unpaired) electrons. The van der Waals surface area contributed by atoms with E-state index in [-0.39, 0.29) is 27.8 Å². The Morgan fingerprint density at radius 3 is 2.81 bits per heavy atom. The van der Waals surface area contributed by atoms with Gasteiger partial charge in [0.15, 0.2) is 16.5 Å². The Bertz CT molecular complexity index is 696. The highest BCUT2D eigenvalue weighted by atomic mass is 79.9. The van der Waals surface area contributed by atoms with Crippen molar-refractivity contribution in [3.8, 4) is 11.5 Å². The largest absolute Gasteiger partial charge is 0.493 e. The van der Waals surface area contributed by atoms with Gasteiger partial charge in [-0.3, -0.25) is 14.9 Å². The van der Waals surface area contributed by atoms with Crippen molar-refractivity contribution in [2.24, 2.45) is 0 Å². The highest BCUT2D eigenvalue weighted by Crippen LogP contribution is 2.37. The maximum Gasteiger partial charge on any atom is 0.286 e. The average molecular weight is 429 g/mol. The van der Waals surface area contributed by atoms with Gasteiger partial charge in [-0.15, -0.1) is 0 Å². The van der Waals surface area contributed by atoms with Crippen molar-refractivity contribution in [3.05, 3.63) is 27.8 Å². The van der Waals surface area contributed by atoms with Crippen molar-refractivity contribution >= 4 is 33.8 Å². The zero-order chi connectivity index (χ0) is 19.3. The molecule has 0 aromatic heterocycles. The number of nitro groups is 1. The number of halogens is 1. The van der Waals surface area contributed by atoms with Crippen LogP contribution in [0.1, 0.15) is 43.0 Å².